The summed E-state index contributed by atoms with van der Waals surface area (Å²) >= 11 is 0. The fraction of sp³-hybridized carbons (Fsp3) is 0.421. The predicted octanol–water partition coefficient (Wildman–Crippen LogP) is 2.30. The minimum atomic E-state index is -0.222. The number of piperidine rings is 1. The molecular weight excluding hydrogens is 314 g/mol. The number of carbonyl (C=O) groups is 1. The van der Waals surface area contributed by atoms with Gasteiger partial charge in [0.15, 0.2) is 5.69 Å². The molecule has 1 unspecified atom stereocenters. The molecular formula is C19H25N5O. The van der Waals surface area contributed by atoms with Gasteiger partial charge in [0, 0.05) is 26.2 Å². The molecule has 0 spiro atoms. The van der Waals surface area contributed by atoms with E-state index in [1.807, 2.05) is 6.07 Å². The van der Waals surface area contributed by atoms with Crippen LogP contribution in [-0.4, -0.2) is 47.2 Å². The number of hydrogen-bond acceptors (Lipinski definition) is 5. The Morgan fingerprint density at radius 1 is 1.16 bits per heavy atom. The van der Waals surface area contributed by atoms with Crippen molar-refractivity contribution in [3.63, 3.8) is 0 Å². The van der Waals surface area contributed by atoms with E-state index in [1.54, 1.807) is 13.1 Å². The molecule has 1 atom stereocenters. The van der Waals surface area contributed by atoms with Crippen molar-refractivity contribution < 1.29 is 4.79 Å². The molecule has 6 heteroatoms. The monoisotopic (exact) mass is 339 g/mol. The van der Waals surface area contributed by atoms with Gasteiger partial charge in [0.05, 0.1) is 0 Å². The third-order valence-corrected chi connectivity index (χ3v) is 4.62. The Labute approximate surface area is 148 Å². The van der Waals surface area contributed by atoms with Crippen molar-refractivity contribution in [2.45, 2.75) is 31.8 Å². The number of benzene rings is 1. The molecule has 132 valence electrons. The van der Waals surface area contributed by atoms with Crippen LogP contribution in [0.25, 0.3) is 0 Å². The second kappa shape index (κ2) is 8.58. The van der Waals surface area contributed by atoms with E-state index in [4.69, 9.17) is 0 Å². The highest BCUT2D eigenvalue weighted by Gasteiger charge is 2.22. The number of nitrogens with zero attached hydrogens (tertiary/aromatic N) is 3. The van der Waals surface area contributed by atoms with E-state index in [9.17, 15) is 4.79 Å². The Bertz CT molecular complexity index is 674. The van der Waals surface area contributed by atoms with Crippen LogP contribution in [-0.2, 0) is 6.54 Å². The molecule has 1 aliphatic rings. The molecule has 1 aromatic heterocycles. The summed E-state index contributed by atoms with van der Waals surface area (Å²) in [4.78, 5) is 14.0. The van der Waals surface area contributed by atoms with Crippen LogP contribution in [0.5, 0.6) is 0 Å². The van der Waals surface area contributed by atoms with Gasteiger partial charge in [0.25, 0.3) is 5.91 Å². The molecule has 0 bridgehead atoms. The lowest BCUT2D eigenvalue weighted by Gasteiger charge is -2.36. The van der Waals surface area contributed by atoms with E-state index in [2.05, 4.69) is 56.1 Å². The Morgan fingerprint density at radius 3 is 2.72 bits per heavy atom. The highest BCUT2D eigenvalue weighted by Crippen LogP contribution is 2.20. The van der Waals surface area contributed by atoms with Crippen LogP contribution < -0.4 is 10.6 Å². The van der Waals surface area contributed by atoms with Gasteiger partial charge in [-0.1, -0.05) is 36.8 Å². The SMILES string of the molecule is CNC(=O)c1ccc(NCC2CCCCN2Cc2ccccc2)nn1. The van der Waals surface area contributed by atoms with Gasteiger partial charge >= 0.3 is 0 Å². The lowest BCUT2D eigenvalue weighted by molar-refractivity contribution is 0.0957. The van der Waals surface area contributed by atoms with Gasteiger partial charge in [-0.05, 0) is 37.1 Å². The number of nitrogens with one attached hydrogen (secondary N) is 2. The highest BCUT2D eigenvalue weighted by molar-refractivity contribution is 5.91. The maximum atomic E-state index is 11.5. The van der Waals surface area contributed by atoms with E-state index in [-0.39, 0.29) is 5.91 Å². The Balaban J connectivity index is 1.57. The quantitative estimate of drug-likeness (QED) is 0.845. The van der Waals surface area contributed by atoms with Crippen LogP contribution in [0, 0.1) is 0 Å². The molecule has 2 heterocycles. The van der Waals surface area contributed by atoms with Gasteiger partial charge in [-0.2, -0.15) is 0 Å². The topological polar surface area (TPSA) is 70.2 Å². The molecule has 1 fully saturated rings. The Kier molecular flexibility index (Phi) is 5.95. The lowest BCUT2D eigenvalue weighted by atomic mass is 10.0. The summed E-state index contributed by atoms with van der Waals surface area (Å²) < 4.78 is 0. The van der Waals surface area contributed by atoms with Crippen molar-refractivity contribution in [3.05, 3.63) is 53.7 Å². The molecule has 1 aromatic carbocycles. The van der Waals surface area contributed by atoms with Gasteiger partial charge in [-0.3, -0.25) is 9.69 Å². The average molecular weight is 339 g/mol. The molecule has 0 radical (unpaired) electrons. The standard InChI is InChI=1S/C19H25N5O/c1-20-19(25)17-10-11-18(23-22-17)21-13-16-9-5-6-12-24(16)14-15-7-3-2-4-8-15/h2-4,7-8,10-11,16H,5-6,9,12-14H2,1H3,(H,20,25)(H,21,23). The minimum absolute atomic E-state index is 0.222. The van der Waals surface area contributed by atoms with E-state index in [1.165, 1.54) is 24.8 Å². The summed E-state index contributed by atoms with van der Waals surface area (Å²) in [5.74, 6) is 0.484. The van der Waals surface area contributed by atoms with Crippen molar-refractivity contribution in [1.29, 1.82) is 0 Å². The molecule has 0 aliphatic carbocycles. The normalized spacial score (nSPS) is 17.9. The van der Waals surface area contributed by atoms with Crippen molar-refractivity contribution in [2.24, 2.45) is 0 Å². The number of carbonyl (C=O) groups excluding carboxylic acids is 1. The minimum Gasteiger partial charge on any atom is -0.367 e. The van der Waals surface area contributed by atoms with Crippen molar-refractivity contribution in [2.75, 3.05) is 25.5 Å². The molecule has 1 saturated heterocycles. The summed E-state index contributed by atoms with van der Waals surface area (Å²) in [7, 11) is 1.58. The average Bonchev–Trinajstić information content (AvgIpc) is 2.68. The summed E-state index contributed by atoms with van der Waals surface area (Å²) in [5.41, 5.74) is 1.68. The second-order valence-corrected chi connectivity index (χ2v) is 6.37. The molecule has 0 saturated carbocycles. The van der Waals surface area contributed by atoms with E-state index >= 15 is 0 Å². The number of likely N-dealkylation sites (tertiary alicyclic amines) is 1. The summed E-state index contributed by atoms with van der Waals surface area (Å²) in [6.07, 6.45) is 3.70. The molecule has 1 aliphatic heterocycles. The zero-order chi connectivity index (χ0) is 17.5. The maximum Gasteiger partial charge on any atom is 0.271 e. The van der Waals surface area contributed by atoms with Crippen molar-refractivity contribution in [3.8, 4) is 0 Å². The fourth-order valence-corrected chi connectivity index (χ4v) is 3.22. The molecule has 2 N–H and O–H groups in total. The van der Waals surface area contributed by atoms with Crippen LogP contribution in [0.4, 0.5) is 5.82 Å². The van der Waals surface area contributed by atoms with Crippen molar-refractivity contribution in [1.82, 2.24) is 20.4 Å². The van der Waals surface area contributed by atoms with Crippen LogP contribution in [0.2, 0.25) is 0 Å². The molecule has 6 nitrogen and oxygen atoms in total. The fourth-order valence-electron chi connectivity index (χ4n) is 3.22. The van der Waals surface area contributed by atoms with Gasteiger partial charge in [-0.25, -0.2) is 0 Å². The second-order valence-electron chi connectivity index (χ2n) is 6.37. The van der Waals surface area contributed by atoms with Crippen LogP contribution in [0.15, 0.2) is 42.5 Å². The van der Waals surface area contributed by atoms with Crippen LogP contribution in [0.3, 0.4) is 0 Å². The third kappa shape index (κ3) is 4.76. The molecule has 1 amide bonds. The van der Waals surface area contributed by atoms with E-state index < -0.39 is 0 Å². The van der Waals surface area contributed by atoms with E-state index in [0.29, 0.717) is 17.6 Å². The number of rotatable bonds is 6. The largest absolute Gasteiger partial charge is 0.367 e. The Hall–Kier alpha value is -2.47. The maximum absolute atomic E-state index is 11.5. The van der Waals surface area contributed by atoms with Gasteiger partial charge in [-0.15, -0.1) is 10.2 Å². The third-order valence-electron chi connectivity index (χ3n) is 4.62. The first-order valence-electron chi connectivity index (χ1n) is 8.84. The zero-order valence-corrected chi connectivity index (χ0v) is 14.6. The lowest BCUT2D eigenvalue weighted by Crippen LogP contribution is -2.43. The van der Waals surface area contributed by atoms with Gasteiger partial charge in [0.1, 0.15) is 5.82 Å². The first-order valence-corrected chi connectivity index (χ1v) is 8.84. The number of aromatic nitrogens is 2. The number of anilines is 1. The molecule has 2 aromatic rings. The van der Waals surface area contributed by atoms with E-state index in [0.717, 1.165) is 19.6 Å². The smallest absolute Gasteiger partial charge is 0.271 e. The highest BCUT2D eigenvalue weighted by atomic mass is 16.1. The number of amides is 1. The molecule has 3 rings (SSSR count). The Morgan fingerprint density at radius 2 is 2.00 bits per heavy atom. The first kappa shape index (κ1) is 17.4. The van der Waals surface area contributed by atoms with Crippen molar-refractivity contribution >= 4 is 11.7 Å². The summed E-state index contributed by atoms with van der Waals surface area (Å²) in [6.45, 7) is 2.94. The van der Waals surface area contributed by atoms with Gasteiger partial charge in [0.2, 0.25) is 0 Å². The first-order chi connectivity index (χ1) is 12.3. The van der Waals surface area contributed by atoms with Crippen LogP contribution in [0.1, 0.15) is 35.3 Å². The summed E-state index contributed by atoms with van der Waals surface area (Å²) in [6, 6.07) is 14.6. The molecule has 25 heavy (non-hydrogen) atoms. The number of hydrogen-bond donors (Lipinski definition) is 2. The van der Waals surface area contributed by atoms with Gasteiger partial charge < -0.3 is 10.6 Å². The van der Waals surface area contributed by atoms with Crippen LogP contribution >= 0.6 is 0 Å². The zero-order valence-electron chi connectivity index (χ0n) is 14.6. The predicted molar refractivity (Wildman–Crippen MR) is 98.4 cm³/mol. The summed E-state index contributed by atoms with van der Waals surface area (Å²) in [5, 5.41) is 14.0.